The number of nitrogens with two attached hydrogens (primary N) is 1. The van der Waals surface area contributed by atoms with Crippen molar-refractivity contribution < 1.29 is 4.79 Å². The molecule has 0 saturated carbocycles. The van der Waals surface area contributed by atoms with Crippen LogP contribution in [0, 0.1) is 6.92 Å². The maximum Gasteiger partial charge on any atom is 0.254 e. The Bertz CT molecular complexity index is 538. The van der Waals surface area contributed by atoms with Crippen LogP contribution in [0.5, 0.6) is 0 Å². The molecular weight excluding hydrogens is 321 g/mol. The number of rotatable bonds is 1. The van der Waals surface area contributed by atoms with E-state index in [1.807, 2.05) is 30.0 Å². The Labute approximate surface area is 144 Å². The van der Waals surface area contributed by atoms with Crippen LogP contribution in [0.15, 0.2) is 18.2 Å². The van der Waals surface area contributed by atoms with E-state index in [-0.39, 0.29) is 36.8 Å². The molecule has 2 unspecified atom stereocenters. The number of fused-ring (bicyclic) bond motifs is 1. The highest BCUT2D eigenvalue weighted by molar-refractivity contribution is 5.96. The monoisotopic (exact) mass is 345 g/mol. The molecule has 2 fully saturated rings. The van der Waals surface area contributed by atoms with Crippen molar-refractivity contribution in [1.29, 1.82) is 0 Å². The second kappa shape index (κ2) is 7.53. The zero-order valence-corrected chi connectivity index (χ0v) is 14.8. The van der Waals surface area contributed by atoms with Crippen LogP contribution in [0.3, 0.4) is 0 Å². The van der Waals surface area contributed by atoms with E-state index < -0.39 is 0 Å². The maximum atomic E-state index is 12.8. The summed E-state index contributed by atoms with van der Waals surface area (Å²) in [6, 6.07) is 6.42. The fourth-order valence-electron chi connectivity index (χ4n) is 3.50. The van der Waals surface area contributed by atoms with Gasteiger partial charge in [0.15, 0.2) is 0 Å². The van der Waals surface area contributed by atoms with E-state index in [4.69, 9.17) is 5.73 Å². The quantitative estimate of drug-likeness (QED) is 0.796. The fraction of sp³-hybridized carbons (Fsp3) is 0.562. The lowest BCUT2D eigenvalue weighted by molar-refractivity contribution is 0.0395. The van der Waals surface area contributed by atoms with E-state index in [2.05, 4.69) is 11.8 Å². The van der Waals surface area contributed by atoms with E-state index >= 15 is 0 Å². The van der Waals surface area contributed by atoms with E-state index in [1.165, 1.54) is 19.4 Å². The van der Waals surface area contributed by atoms with E-state index in [0.29, 0.717) is 11.7 Å². The van der Waals surface area contributed by atoms with Gasteiger partial charge in [0, 0.05) is 36.4 Å². The molecule has 6 heteroatoms. The Morgan fingerprint density at radius 3 is 2.73 bits per heavy atom. The van der Waals surface area contributed by atoms with Gasteiger partial charge in [0.25, 0.3) is 5.91 Å². The molecule has 1 aromatic carbocycles. The molecule has 22 heavy (non-hydrogen) atoms. The van der Waals surface area contributed by atoms with Crippen LogP contribution in [0.4, 0.5) is 5.69 Å². The third-order valence-corrected chi connectivity index (χ3v) is 4.69. The summed E-state index contributed by atoms with van der Waals surface area (Å²) >= 11 is 0. The minimum Gasteiger partial charge on any atom is -0.399 e. The number of nitrogens with zero attached hydrogens (tertiary/aromatic N) is 2. The highest BCUT2D eigenvalue weighted by Crippen LogP contribution is 2.26. The van der Waals surface area contributed by atoms with Crippen LogP contribution >= 0.6 is 24.8 Å². The van der Waals surface area contributed by atoms with Gasteiger partial charge in [0.2, 0.25) is 0 Å². The topological polar surface area (TPSA) is 49.6 Å². The van der Waals surface area contributed by atoms with Crippen LogP contribution in [0.1, 0.15) is 35.7 Å². The number of hydrogen-bond acceptors (Lipinski definition) is 3. The molecule has 2 heterocycles. The number of halogens is 2. The number of carbonyl (C=O) groups is 1. The lowest BCUT2D eigenvalue weighted by Crippen LogP contribution is -2.56. The first-order valence-electron chi connectivity index (χ1n) is 7.47. The summed E-state index contributed by atoms with van der Waals surface area (Å²) in [5, 5.41) is 0. The summed E-state index contributed by atoms with van der Waals surface area (Å²) in [5.74, 6) is 0.133. The van der Waals surface area contributed by atoms with Crippen molar-refractivity contribution in [3.05, 3.63) is 29.3 Å². The molecule has 4 nitrogen and oxygen atoms in total. The van der Waals surface area contributed by atoms with Crippen LogP contribution in [0.2, 0.25) is 0 Å². The van der Waals surface area contributed by atoms with Gasteiger partial charge in [0.1, 0.15) is 0 Å². The minimum absolute atomic E-state index is 0. The molecule has 2 atom stereocenters. The summed E-state index contributed by atoms with van der Waals surface area (Å²) < 4.78 is 0. The molecule has 0 spiro atoms. The Morgan fingerprint density at radius 2 is 2.00 bits per heavy atom. The van der Waals surface area contributed by atoms with Crippen molar-refractivity contribution in [3.63, 3.8) is 0 Å². The first-order valence-corrected chi connectivity index (χ1v) is 7.47. The molecule has 2 aliphatic rings. The Balaban J connectivity index is 0.00000121. The smallest absolute Gasteiger partial charge is 0.254 e. The summed E-state index contributed by atoms with van der Waals surface area (Å²) in [6.07, 6.45) is 2.48. The van der Waals surface area contributed by atoms with Gasteiger partial charge in [-0.1, -0.05) is 6.07 Å². The van der Waals surface area contributed by atoms with E-state index in [0.717, 1.165) is 24.2 Å². The molecule has 1 aromatic rings. The average molecular weight is 346 g/mol. The third kappa shape index (κ3) is 3.50. The normalized spacial score (nSPS) is 24.2. The van der Waals surface area contributed by atoms with Crippen molar-refractivity contribution in [3.8, 4) is 0 Å². The maximum absolute atomic E-state index is 12.8. The Hall–Kier alpha value is -0.970. The Morgan fingerprint density at radius 1 is 1.27 bits per heavy atom. The lowest BCUT2D eigenvalue weighted by atomic mass is 10.0. The molecule has 0 bridgehead atoms. The molecule has 2 saturated heterocycles. The highest BCUT2D eigenvalue weighted by atomic mass is 35.5. The van der Waals surface area contributed by atoms with Crippen LogP contribution < -0.4 is 5.73 Å². The van der Waals surface area contributed by atoms with Gasteiger partial charge in [-0.05, 0) is 50.9 Å². The standard InChI is InChI=1S/C16H23N3O.2ClH/c1-11-5-6-13(17)8-15(11)16(20)19-10-14-4-3-7-18(14)9-12(19)2;;/h5-6,8,12,14H,3-4,7,9-10,17H2,1-2H3;2*1H. The number of benzene rings is 1. The molecule has 124 valence electrons. The number of nitrogen functional groups attached to an aromatic ring is 1. The molecule has 0 aromatic heterocycles. The van der Waals surface area contributed by atoms with Gasteiger partial charge < -0.3 is 10.6 Å². The van der Waals surface area contributed by atoms with Crippen LogP contribution in [0.25, 0.3) is 0 Å². The zero-order chi connectivity index (χ0) is 14.3. The predicted molar refractivity (Wildman–Crippen MR) is 95.2 cm³/mol. The van der Waals surface area contributed by atoms with Crippen LogP contribution in [-0.2, 0) is 0 Å². The van der Waals surface area contributed by atoms with Crippen molar-refractivity contribution >= 4 is 36.4 Å². The van der Waals surface area contributed by atoms with Gasteiger partial charge in [-0.15, -0.1) is 24.8 Å². The third-order valence-electron chi connectivity index (χ3n) is 4.69. The van der Waals surface area contributed by atoms with Gasteiger partial charge in [0.05, 0.1) is 0 Å². The van der Waals surface area contributed by atoms with Crippen molar-refractivity contribution in [1.82, 2.24) is 9.80 Å². The molecule has 2 aliphatic heterocycles. The second-order valence-electron chi connectivity index (χ2n) is 6.17. The highest BCUT2D eigenvalue weighted by Gasteiger charge is 2.36. The SMILES string of the molecule is Cc1ccc(N)cc1C(=O)N1CC2CCCN2CC1C.Cl.Cl. The summed E-state index contributed by atoms with van der Waals surface area (Å²) in [6.45, 7) is 7.16. The number of carbonyl (C=O) groups excluding carboxylic acids is 1. The van der Waals surface area contributed by atoms with Crippen molar-refractivity contribution in [2.45, 2.75) is 38.8 Å². The molecule has 1 amide bonds. The largest absolute Gasteiger partial charge is 0.399 e. The van der Waals surface area contributed by atoms with Crippen molar-refractivity contribution in [2.24, 2.45) is 0 Å². The molecule has 2 N–H and O–H groups in total. The summed E-state index contributed by atoms with van der Waals surface area (Å²) in [4.78, 5) is 17.4. The average Bonchev–Trinajstić information content (AvgIpc) is 2.87. The Kier molecular flexibility index (Phi) is 6.53. The summed E-state index contributed by atoms with van der Waals surface area (Å²) in [5.41, 5.74) is 8.25. The first kappa shape index (κ1) is 19.1. The number of aryl methyl sites for hydroxylation is 1. The molecular formula is C16H25Cl2N3O. The minimum atomic E-state index is 0. The molecule has 0 radical (unpaired) electrons. The van der Waals surface area contributed by atoms with Gasteiger partial charge in [-0.2, -0.15) is 0 Å². The van der Waals surface area contributed by atoms with Gasteiger partial charge in [-0.3, -0.25) is 9.69 Å². The fourth-order valence-corrected chi connectivity index (χ4v) is 3.50. The van der Waals surface area contributed by atoms with E-state index in [1.54, 1.807) is 0 Å². The van der Waals surface area contributed by atoms with Gasteiger partial charge in [-0.25, -0.2) is 0 Å². The first-order chi connectivity index (χ1) is 9.56. The number of piperazine rings is 1. The van der Waals surface area contributed by atoms with Gasteiger partial charge >= 0.3 is 0 Å². The number of anilines is 1. The predicted octanol–water partition coefficient (Wildman–Crippen LogP) is 2.73. The van der Waals surface area contributed by atoms with Crippen molar-refractivity contribution in [2.75, 3.05) is 25.4 Å². The summed E-state index contributed by atoms with van der Waals surface area (Å²) in [7, 11) is 0. The van der Waals surface area contributed by atoms with E-state index in [9.17, 15) is 4.79 Å². The molecule has 3 rings (SSSR count). The zero-order valence-electron chi connectivity index (χ0n) is 13.1. The number of amides is 1. The molecule has 0 aliphatic carbocycles. The second-order valence-corrected chi connectivity index (χ2v) is 6.17. The lowest BCUT2D eigenvalue weighted by Gasteiger charge is -2.42. The number of hydrogen-bond donors (Lipinski definition) is 1. The van der Waals surface area contributed by atoms with Crippen LogP contribution in [-0.4, -0.2) is 47.4 Å².